The van der Waals surface area contributed by atoms with Crippen molar-refractivity contribution in [2.24, 2.45) is 0 Å². The van der Waals surface area contributed by atoms with E-state index in [9.17, 15) is 0 Å². The standard InChI is InChI=1S/C47H31N3O/c1-2-12-35(13-3-1)49(36-28-24-33(25-29-36)39-17-9-18-42-43-19-10-30-48-47(43)51-46(39)42)38-14-8-11-34(31-38)32-22-26-37(27-23-32)50-44-20-6-4-15-40(44)41-16-5-7-21-45(41)50/h1-31H. The first-order chi connectivity index (χ1) is 25.3. The molecular weight excluding hydrogens is 623 g/mol. The summed E-state index contributed by atoms with van der Waals surface area (Å²) in [6, 6.07) is 64.6. The average molecular weight is 654 g/mol. The second-order valence-electron chi connectivity index (χ2n) is 12.8. The fourth-order valence-electron chi connectivity index (χ4n) is 7.50. The van der Waals surface area contributed by atoms with E-state index in [4.69, 9.17) is 4.42 Å². The molecule has 0 amide bonds. The van der Waals surface area contributed by atoms with E-state index in [-0.39, 0.29) is 0 Å². The zero-order valence-corrected chi connectivity index (χ0v) is 27.6. The lowest BCUT2D eigenvalue weighted by Crippen LogP contribution is -2.09. The minimum Gasteiger partial charge on any atom is -0.437 e. The van der Waals surface area contributed by atoms with Gasteiger partial charge in [0, 0.05) is 56.1 Å². The van der Waals surface area contributed by atoms with Gasteiger partial charge in [-0.2, -0.15) is 0 Å². The van der Waals surface area contributed by atoms with Gasteiger partial charge in [-0.3, -0.25) is 0 Å². The number of rotatable bonds is 6. The van der Waals surface area contributed by atoms with Crippen molar-refractivity contribution in [3.8, 4) is 27.9 Å². The molecule has 0 unspecified atom stereocenters. The number of hydrogen-bond donors (Lipinski definition) is 0. The van der Waals surface area contributed by atoms with Gasteiger partial charge in [0.05, 0.1) is 11.0 Å². The number of benzene rings is 7. The van der Waals surface area contributed by atoms with E-state index in [1.807, 2.05) is 6.07 Å². The molecule has 4 heteroatoms. The number of anilines is 3. The van der Waals surface area contributed by atoms with Crippen LogP contribution in [0, 0.1) is 0 Å². The van der Waals surface area contributed by atoms with Gasteiger partial charge in [0.25, 0.3) is 0 Å². The highest BCUT2D eigenvalue weighted by Crippen LogP contribution is 2.40. The predicted molar refractivity (Wildman–Crippen MR) is 211 cm³/mol. The maximum absolute atomic E-state index is 6.25. The number of hydrogen-bond acceptors (Lipinski definition) is 3. The molecule has 10 rings (SSSR count). The van der Waals surface area contributed by atoms with Crippen molar-refractivity contribution in [1.82, 2.24) is 9.55 Å². The summed E-state index contributed by atoms with van der Waals surface area (Å²) in [6.07, 6.45) is 1.77. The number of para-hydroxylation sites is 4. The maximum atomic E-state index is 6.25. The Morgan fingerprint density at radius 1 is 0.431 bits per heavy atom. The molecule has 3 aromatic heterocycles. The molecule has 0 radical (unpaired) electrons. The van der Waals surface area contributed by atoms with Gasteiger partial charge in [-0.25, -0.2) is 4.98 Å². The summed E-state index contributed by atoms with van der Waals surface area (Å²) in [6.45, 7) is 0. The monoisotopic (exact) mass is 653 g/mol. The summed E-state index contributed by atoms with van der Waals surface area (Å²) < 4.78 is 8.61. The largest absolute Gasteiger partial charge is 0.437 e. The molecule has 0 fully saturated rings. The lowest BCUT2D eigenvalue weighted by Gasteiger charge is -2.26. The normalized spacial score (nSPS) is 11.5. The van der Waals surface area contributed by atoms with E-state index in [2.05, 4.69) is 190 Å². The molecule has 0 bridgehead atoms. The Kier molecular flexibility index (Phi) is 6.78. The average Bonchev–Trinajstić information content (AvgIpc) is 3.75. The second-order valence-corrected chi connectivity index (χ2v) is 12.8. The molecule has 0 N–H and O–H groups in total. The summed E-state index contributed by atoms with van der Waals surface area (Å²) >= 11 is 0. The molecule has 0 saturated carbocycles. The molecule has 7 aromatic carbocycles. The van der Waals surface area contributed by atoms with Crippen molar-refractivity contribution in [1.29, 1.82) is 0 Å². The highest BCUT2D eigenvalue weighted by molar-refractivity contribution is 6.10. The smallest absolute Gasteiger partial charge is 0.227 e. The van der Waals surface area contributed by atoms with E-state index in [0.29, 0.717) is 5.71 Å². The Hall–Kier alpha value is -6.91. The van der Waals surface area contributed by atoms with Crippen molar-refractivity contribution >= 4 is 60.9 Å². The minimum atomic E-state index is 0.660. The number of fused-ring (bicyclic) bond motifs is 6. The van der Waals surface area contributed by atoms with Crippen LogP contribution >= 0.6 is 0 Å². The maximum Gasteiger partial charge on any atom is 0.227 e. The van der Waals surface area contributed by atoms with Crippen LogP contribution in [0.3, 0.4) is 0 Å². The van der Waals surface area contributed by atoms with E-state index in [1.165, 1.54) is 21.8 Å². The van der Waals surface area contributed by atoms with Crippen LogP contribution in [0.15, 0.2) is 193 Å². The number of furan rings is 1. The fraction of sp³-hybridized carbons (Fsp3) is 0. The molecule has 10 aromatic rings. The predicted octanol–water partition coefficient (Wildman–Crippen LogP) is 12.9. The van der Waals surface area contributed by atoms with Gasteiger partial charge in [-0.1, -0.05) is 109 Å². The Balaban J connectivity index is 1.02. The molecule has 240 valence electrons. The van der Waals surface area contributed by atoms with Crippen molar-refractivity contribution in [3.05, 3.63) is 188 Å². The lowest BCUT2D eigenvalue weighted by atomic mass is 10.0. The Bertz CT molecular complexity index is 2800. The molecule has 3 heterocycles. The summed E-state index contributed by atoms with van der Waals surface area (Å²) in [5.41, 5.74) is 12.8. The third-order valence-corrected chi connectivity index (χ3v) is 9.87. The van der Waals surface area contributed by atoms with Gasteiger partial charge in [-0.05, 0) is 89.5 Å². The topological polar surface area (TPSA) is 34.2 Å². The van der Waals surface area contributed by atoms with Crippen molar-refractivity contribution in [3.63, 3.8) is 0 Å². The SMILES string of the molecule is c1ccc(N(c2ccc(-c3cccc4c3oc3ncccc34)cc2)c2cccc(-c3ccc(-n4c5ccccc5c5ccccc54)cc3)c2)cc1. The molecule has 0 aliphatic heterocycles. The minimum absolute atomic E-state index is 0.660. The van der Waals surface area contributed by atoms with Crippen LogP contribution in [-0.2, 0) is 0 Å². The summed E-state index contributed by atoms with van der Waals surface area (Å²) in [5.74, 6) is 0. The molecule has 0 atom stereocenters. The van der Waals surface area contributed by atoms with Gasteiger partial charge in [0.1, 0.15) is 5.58 Å². The molecule has 0 saturated heterocycles. The zero-order chi connectivity index (χ0) is 33.7. The number of pyridine rings is 1. The van der Waals surface area contributed by atoms with E-state index >= 15 is 0 Å². The van der Waals surface area contributed by atoms with Gasteiger partial charge in [0.15, 0.2) is 0 Å². The Labute approximate surface area is 295 Å². The van der Waals surface area contributed by atoms with Gasteiger partial charge >= 0.3 is 0 Å². The Morgan fingerprint density at radius 2 is 1.04 bits per heavy atom. The summed E-state index contributed by atoms with van der Waals surface area (Å²) in [4.78, 5) is 6.76. The highest BCUT2D eigenvalue weighted by atomic mass is 16.3. The lowest BCUT2D eigenvalue weighted by molar-refractivity contribution is 0.655. The first-order valence-corrected chi connectivity index (χ1v) is 17.2. The molecule has 4 nitrogen and oxygen atoms in total. The van der Waals surface area contributed by atoms with Crippen LogP contribution in [0.25, 0.3) is 71.8 Å². The third-order valence-electron chi connectivity index (χ3n) is 9.87. The van der Waals surface area contributed by atoms with Crippen LogP contribution in [0.2, 0.25) is 0 Å². The van der Waals surface area contributed by atoms with Crippen LogP contribution in [0.1, 0.15) is 0 Å². The zero-order valence-electron chi connectivity index (χ0n) is 27.6. The molecular formula is C47H31N3O. The van der Waals surface area contributed by atoms with E-state index < -0.39 is 0 Å². The van der Waals surface area contributed by atoms with Crippen molar-refractivity contribution in [2.75, 3.05) is 4.90 Å². The quantitative estimate of drug-likeness (QED) is 0.179. The first-order valence-electron chi connectivity index (χ1n) is 17.2. The molecule has 0 aliphatic carbocycles. The number of nitrogens with zero attached hydrogens (tertiary/aromatic N) is 3. The highest BCUT2D eigenvalue weighted by Gasteiger charge is 2.17. The Morgan fingerprint density at radius 3 is 1.80 bits per heavy atom. The number of aromatic nitrogens is 2. The molecule has 51 heavy (non-hydrogen) atoms. The van der Waals surface area contributed by atoms with Crippen LogP contribution in [0.5, 0.6) is 0 Å². The van der Waals surface area contributed by atoms with Crippen molar-refractivity contribution < 1.29 is 4.42 Å². The molecule has 0 aliphatic rings. The van der Waals surface area contributed by atoms with E-state index in [1.54, 1.807) is 6.20 Å². The first kappa shape index (κ1) is 29.0. The van der Waals surface area contributed by atoms with Crippen molar-refractivity contribution in [2.45, 2.75) is 0 Å². The van der Waals surface area contributed by atoms with Crippen LogP contribution in [0.4, 0.5) is 17.1 Å². The van der Waals surface area contributed by atoms with Crippen LogP contribution < -0.4 is 4.90 Å². The third kappa shape index (κ3) is 4.88. The summed E-state index contributed by atoms with van der Waals surface area (Å²) in [5, 5.41) is 4.64. The van der Waals surface area contributed by atoms with Gasteiger partial charge in [0.2, 0.25) is 5.71 Å². The van der Waals surface area contributed by atoms with E-state index in [0.717, 1.165) is 61.4 Å². The van der Waals surface area contributed by atoms with Gasteiger partial charge < -0.3 is 13.9 Å². The molecule has 0 spiro atoms. The fourth-order valence-corrected chi connectivity index (χ4v) is 7.50. The summed E-state index contributed by atoms with van der Waals surface area (Å²) in [7, 11) is 0. The second kappa shape index (κ2) is 11.9. The van der Waals surface area contributed by atoms with Crippen LogP contribution in [-0.4, -0.2) is 9.55 Å². The van der Waals surface area contributed by atoms with Gasteiger partial charge in [-0.15, -0.1) is 0 Å².